The average molecular weight is 541 g/mol. The third-order valence-corrected chi connectivity index (χ3v) is 7.24. The van der Waals surface area contributed by atoms with Crippen LogP contribution in [0.25, 0.3) is 10.9 Å². The Morgan fingerprint density at radius 3 is 2.38 bits per heavy atom. The van der Waals surface area contributed by atoms with Crippen molar-refractivity contribution in [2.75, 3.05) is 7.11 Å². The van der Waals surface area contributed by atoms with Gasteiger partial charge in [-0.05, 0) is 87.8 Å². The average Bonchev–Trinajstić information content (AvgIpc) is 3.42. The predicted octanol–water partition coefficient (Wildman–Crippen LogP) is 5.43. The Bertz CT molecular complexity index is 1630. The molecule has 5 rings (SSSR count). The number of hydrogen-bond acceptors (Lipinski definition) is 6. The van der Waals surface area contributed by atoms with Crippen molar-refractivity contribution >= 4 is 10.9 Å². The van der Waals surface area contributed by atoms with Crippen molar-refractivity contribution < 1.29 is 9.13 Å². The van der Waals surface area contributed by atoms with Gasteiger partial charge in [-0.2, -0.15) is 0 Å². The van der Waals surface area contributed by atoms with E-state index in [0.29, 0.717) is 37.4 Å². The van der Waals surface area contributed by atoms with Gasteiger partial charge in [0, 0.05) is 24.2 Å². The minimum Gasteiger partial charge on any atom is -0.497 e. The van der Waals surface area contributed by atoms with E-state index in [9.17, 15) is 9.18 Å². The minimum atomic E-state index is -0.288. The van der Waals surface area contributed by atoms with Crippen LogP contribution < -0.4 is 10.3 Å². The van der Waals surface area contributed by atoms with Gasteiger partial charge in [-0.3, -0.25) is 9.69 Å². The van der Waals surface area contributed by atoms with Crippen LogP contribution in [0.15, 0.2) is 77.6 Å². The van der Waals surface area contributed by atoms with Gasteiger partial charge in [0.05, 0.1) is 19.7 Å². The van der Waals surface area contributed by atoms with E-state index in [-0.39, 0.29) is 17.4 Å². The quantitative estimate of drug-likeness (QED) is 0.240. The molecule has 0 aliphatic carbocycles. The molecule has 8 nitrogen and oxygen atoms in total. The van der Waals surface area contributed by atoms with Gasteiger partial charge in [0.1, 0.15) is 11.6 Å². The number of aromatic amines is 1. The van der Waals surface area contributed by atoms with Crippen LogP contribution in [0, 0.1) is 5.82 Å². The summed E-state index contributed by atoms with van der Waals surface area (Å²) in [5.41, 5.74) is 4.50. The summed E-state index contributed by atoms with van der Waals surface area (Å²) in [7, 11) is 1.64. The normalized spacial score (nSPS) is 12.2. The molecular weight excluding hydrogens is 507 g/mol. The SMILES string of the molecule is CCc1ccc2[nH]c(=O)c(CN(Cc3ccc(F)cc3)[C@@H](CC)c3nnnn3Cc3ccc(OC)cc3)cc2c1. The fraction of sp³-hybridized carbons (Fsp3) is 0.290. The predicted molar refractivity (Wildman–Crippen MR) is 153 cm³/mol. The number of aromatic nitrogens is 5. The molecule has 0 amide bonds. The van der Waals surface area contributed by atoms with Crippen LogP contribution in [0.4, 0.5) is 4.39 Å². The van der Waals surface area contributed by atoms with Gasteiger partial charge in [-0.15, -0.1) is 5.10 Å². The van der Waals surface area contributed by atoms with Crippen molar-refractivity contribution in [2.24, 2.45) is 0 Å². The van der Waals surface area contributed by atoms with E-state index >= 15 is 0 Å². The summed E-state index contributed by atoms with van der Waals surface area (Å²) in [5.74, 6) is 1.19. The molecule has 206 valence electrons. The fourth-order valence-electron chi connectivity index (χ4n) is 5.03. The Balaban J connectivity index is 1.50. The molecule has 2 heterocycles. The van der Waals surface area contributed by atoms with Gasteiger partial charge >= 0.3 is 0 Å². The lowest BCUT2D eigenvalue weighted by molar-refractivity contribution is 0.161. The molecular formula is C31H33FN6O2. The zero-order valence-electron chi connectivity index (χ0n) is 23.0. The number of benzene rings is 3. The molecule has 0 saturated carbocycles. The first-order valence-electron chi connectivity index (χ1n) is 13.5. The minimum absolute atomic E-state index is 0.131. The number of fused-ring (bicyclic) bond motifs is 1. The first-order chi connectivity index (χ1) is 19.5. The Morgan fingerprint density at radius 2 is 1.68 bits per heavy atom. The lowest BCUT2D eigenvalue weighted by Gasteiger charge is -2.30. The number of methoxy groups -OCH3 is 1. The molecule has 5 aromatic rings. The van der Waals surface area contributed by atoms with Crippen LogP contribution in [0.3, 0.4) is 0 Å². The largest absolute Gasteiger partial charge is 0.497 e. The molecule has 0 aliphatic rings. The summed E-state index contributed by atoms with van der Waals surface area (Å²) in [4.78, 5) is 18.4. The van der Waals surface area contributed by atoms with Crippen LogP contribution in [-0.4, -0.2) is 37.2 Å². The highest BCUT2D eigenvalue weighted by Gasteiger charge is 2.26. The maximum Gasteiger partial charge on any atom is 0.252 e. The molecule has 1 N–H and O–H groups in total. The molecule has 0 fully saturated rings. The van der Waals surface area contributed by atoms with E-state index in [0.717, 1.165) is 34.2 Å². The molecule has 3 aromatic carbocycles. The highest BCUT2D eigenvalue weighted by Crippen LogP contribution is 2.27. The lowest BCUT2D eigenvalue weighted by atomic mass is 10.1. The molecule has 1 atom stereocenters. The summed E-state index contributed by atoms with van der Waals surface area (Å²) in [5, 5.41) is 13.7. The summed E-state index contributed by atoms with van der Waals surface area (Å²) >= 11 is 0. The van der Waals surface area contributed by atoms with Gasteiger partial charge in [0.2, 0.25) is 0 Å². The number of pyridine rings is 1. The third-order valence-electron chi connectivity index (χ3n) is 7.24. The summed E-state index contributed by atoms with van der Waals surface area (Å²) in [6.07, 6.45) is 1.62. The molecule has 2 aromatic heterocycles. The van der Waals surface area contributed by atoms with Crippen LogP contribution in [0.2, 0.25) is 0 Å². The molecule has 0 spiro atoms. The molecule has 0 radical (unpaired) electrons. The van der Waals surface area contributed by atoms with E-state index < -0.39 is 0 Å². The standard InChI is InChI=1S/C31H33FN6O2/c1-4-21-10-15-28-24(16-21)17-25(31(39)33-28)20-37(18-22-6-11-26(32)12-7-22)29(5-2)30-34-35-36-38(30)19-23-8-13-27(40-3)14-9-23/h6-17,29H,4-5,18-20H2,1-3H3,(H,33,39)/t29-/m0/s1. The van der Waals surface area contributed by atoms with Crippen molar-refractivity contribution in [1.29, 1.82) is 0 Å². The van der Waals surface area contributed by atoms with Gasteiger partial charge in [0.15, 0.2) is 5.82 Å². The maximum atomic E-state index is 13.7. The second-order valence-electron chi connectivity index (χ2n) is 9.90. The van der Waals surface area contributed by atoms with E-state index in [1.54, 1.807) is 23.9 Å². The lowest BCUT2D eigenvalue weighted by Crippen LogP contribution is -2.32. The van der Waals surface area contributed by atoms with Crippen LogP contribution in [-0.2, 0) is 26.1 Å². The summed E-state index contributed by atoms with van der Waals surface area (Å²) in [6, 6.07) is 22.1. The van der Waals surface area contributed by atoms with Crippen molar-refractivity contribution in [3.8, 4) is 5.75 Å². The van der Waals surface area contributed by atoms with Crippen LogP contribution >= 0.6 is 0 Å². The van der Waals surface area contributed by atoms with Gasteiger partial charge < -0.3 is 9.72 Å². The topological polar surface area (TPSA) is 88.9 Å². The van der Waals surface area contributed by atoms with Crippen molar-refractivity contribution in [1.82, 2.24) is 30.1 Å². The van der Waals surface area contributed by atoms with E-state index in [1.165, 1.54) is 17.7 Å². The summed E-state index contributed by atoms with van der Waals surface area (Å²) < 4.78 is 20.8. The van der Waals surface area contributed by atoms with Crippen molar-refractivity contribution in [2.45, 2.75) is 52.4 Å². The van der Waals surface area contributed by atoms with E-state index in [2.05, 4.69) is 45.3 Å². The number of H-pyrrole nitrogens is 1. The number of halogens is 1. The van der Waals surface area contributed by atoms with Crippen molar-refractivity contribution in [3.05, 3.63) is 117 Å². The number of nitrogens with one attached hydrogen (secondary N) is 1. The van der Waals surface area contributed by atoms with Gasteiger partial charge in [0.25, 0.3) is 5.56 Å². The first kappa shape index (κ1) is 27.2. The molecule has 0 saturated heterocycles. The number of tetrazole rings is 1. The Morgan fingerprint density at radius 1 is 0.950 bits per heavy atom. The number of ether oxygens (including phenoxy) is 1. The number of nitrogens with zero attached hydrogens (tertiary/aromatic N) is 5. The zero-order chi connectivity index (χ0) is 28.1. The second-order valence-corrected chi connectivity index (χ2v) is 9.90. The number of rotatable bonds is 11. The highest BCUT2D eigenvalue weighted by molar-refractivity contribution is 5.79. The second kappa shape index (κ2) is 12.2. The molecule has 0 unspecified atom stereocenters. The maximum absolute atomic E-state index is 13.7. The molecule has 40 heavy (non-hydrogen) atoms. The Labute approximate surface area is 232 Å². The molecule has 0 aliphatic heterocycles. The van der Waals surface area contributed by atoms with Crippen molar-refractivity contribution in [3.63, 3.8) is 0 Å². The molecule has 9 heteroatoms. The number of hydrogen-bond donors (Lipinski definition) is 1. The van der Waals surface area contributed by atoms with E-state index in [1.807, 2.05) is 42.5 Å². The van der Waals surface area contributed by atoms with Gasteiger partial charge in [-0.1, -0.05) is 44.2 Å². The zero-order valence-corrected chi connectivity index (χ0v) is 23.0. The van der Waals surface area contributed by atoms with Crippen LogP contribution in [0.1, 0.15) is 54.4 Å². The smallest absolute Gasteiger partial charge is 0.252 e. The Kier molecular flexibility index (Phi) is 8.31. The Hall–Kier alpha value is -4.37. The summed E-state index contributed by atoms with van der Waals surface area (Å²) in [6.45, 7) is 5.53. The molecule has 0 bridgehead atoms. The van der Waals surface area contributed by atoms with Gasteiger partial charge in [-0.25, -0.2) is 9.07 Å². The van der Waals surface area contributed by atoms with Crippen LogP contribution in [0.5, 0.6) is 5.75 Å². The first-order valence-corrected chi connectivity index (χ1v) is 13.5. The highest BCUT2D eigenvalue weighted by atomic mass is 19.1. The monoisotopic (exact) mass is 540 g/mol. The van der Waals surface area contributed by atoms with E-state index in [4.69, 9.17) is 4.74 Å². The third kappa shape index (κ3) is 6.10. The number of aryl methyl sites for hydroxylation is 1. The fourth-order valence-corrected chi connectivity index (χ4v) is 5.03.